The van der Waals surface area contributed by atoms with Crippen LogP contribution < -0.4 is 10.2 Å². The molecule has 0 aliphatic heterocycles. The van der Waals surface area contributed by atoms with Gasteiger partial charge in [0, 0.05) is 30.5 Å². The summed E-state index contributed by atoms with van der Waals surface area (Å²) in [5.41, 5.74) is 1.31. The molecular formula is C9H11ClN2O2. The Morgan fingerprint density at radius 3 is 2.57 bits per heavy atom. The van der Waals surface area contributed by atoms with Crippen LogP contribution in [0.1, 0.15) is 0 Å². The van der Waals surface area contributed by atoms with Gasteiger partial charge in [0.25, 0.3) is 0 Å². The van der Waals surface area contributed by atoms with Gasteiger partial charge in [-0.25, -0.2) is 4.79 Å². The normalized spacial score (nSPS) is 9.64. The van der Waals surface area contributed by atoms with Gasteiger partial charge in [0.1, 0.15) is 0 Å². The Morgan fingerprint density at radius 2 is 2.07 bits per heavy atom. The van der Waals surface area contributed by atoms with Crippen molar-refractivity contribution < 1.29 is 9.90 Å². The minimum Gasteiger partial charge on any atom is -0.465 e. The molecule has 0 aliphatic carbocycles. The van der Waals surface area contributed by atoms with Gasteiger partial charge in [0.05, 0.1) is 0 Å². The lowest BCUT2D eigenvalue weighted by Gasteiger charge is -2.14. The monoisotopic (exact) mass is 214 g/mol. The maximum atomic E-state index is 10.4. The number of benzene rings is 1. The average Bonchev–Trinajstić information content (AvgIpc) is 2.01. The highest BCUT2D eigenvalue weighted by Crippen LogP contribution is 2.24. The van der Waals surface area contributed by atoms with E-state index in [-0.39, 0.29) is 0 Å². The molecular weight excluding hydrogens is 204 g/mol. The summed E-state index contributed by atoms with van der Waals surface area (Å²) in [5, 5.41) is 11.3. The third-order valence-electron chi connectivity index (χ3n) is 1.65. The number of anilines is 2. The van der Waals surface area contributed by atoms with Gasteiger partial charge >= 0.3 is 6.09 Å². The Bertz CT molecular complexity index is 353. The molecule has 0 bridgehead atoms. The van der Waals surface area contributed by atoms with Crippen molar-refractivity contribution in [3.8, 4) is 0 Å². The van der Waals surface area contributed by atoms with Crippen molar-refractivity contribution in [2.75, 3.05) is 24.3 Å². The van der Waals surface area contributed by atoms with Crippen molar-refractivity contribution in [2.24, 2.45) is 0 Å². The Morgan fingerprint density at radius 1 is 1.43 bits per heavy atom. The van der Waals surface area contributed by atoms with Crippen LogP contribution in [0, 0.1) is 0 Å². The highest BCUT2D eigenvalue weighted by Gasteiger charge is 2.03. The molecule has 14 heavy (non-hydrogen) atoms. The van der Waals surface area contributed by atoms with Gasteiger partial charge in [-0.05, 0) is 18.2 Å². The molecule has 1 rings (SSSR count). The smallest absolute Gasteiger partial charge is 0.409 e. The number of hydrogen-bond acceptors (Lipinski definition) is 2. The molecule has 0 aromatic heterocycles. The Hall–Kier alpha value is -1.42. The maximum Gasteiger partial charge on any atom is 0.409 e. The zero-order chi connectivity index (χ0) is 10.7. The second-order valence-electron chi connectivity index (χ2n) is 3.02. The molecule has 0 fully saturated rings. The van der Waals surface area contributed by atoms with Crippen molar-refractivity contribution in [1.82, 2.24) is 0 Å². The van der Waals surface area contributed by atoms with E-state index < -0.39 is 6.09 Å². The summed E-state index contributed by atoms with van der Waals surface area (Å²) in [4.78, 5) is 12.2. The predicted octanol–water partition coefficient (Wildman–Crippen LogP) is 2.50. The van der Waals surface area contributed by atoms with Crippen molar-refractivity contribution in [3.63, 3.8) is 0 Å². The molecule has 0 saturated carbocycles. The molecule has 4 nitrogen and oxygen atoms in total. The number of hydrogen-bond donors (Lipinski definition) is 2. The molecule has 5 heteroatoms. The SMILES string of the molecule is CN(C)c1cc(Cl)cc(NC(=O)O)c1. The molecule has 0 unspecified atom stereocenters. The lowest BCUT2D eigenvalue weighted by molar-refractivity contribution is 0.210. The van der Waals surface area contributed by atoms with Crippen LogP contribution in [0.2, 0.25) is 5.02 Å². The summed E-state index contributed by atoms with van der Waals surface area (Å²) >= 11 is 5.82. The van der Waals surface area contributed by atoms with E-state index in [0.29, 0.717) is 10.7 Å². The quantitative estimate of drug-likeness (QED) is 0.795. The fraction of sp³-hybridized carbons (Fsp3) is 0.222. The second kappa shape index (κ2) is 4.19. The predicted molar refractivity (Wildman–Crippen MR) is 57.4 cm³/mol. The highest BCUT2D eigenvalue weighted by molar-refractivity contribution is 6.31. The molecule has 2 N–H and O–H groups in total. The largest absolute Gasteiger partial charge is 0.465 e. The van der Waals surface area contributed by atoms with E-state index in [1.165, 1.54) is 0 Å². The summed E-state index contributed by atoms with van der Waals surface area (Å²) in [6.45, 7) is 0. The standard InChI is InChI=1S/C9H11ClN2O2/c1-12(2)8-4-6(10)3-7(5-8)11-9(13)14/h3-5,11H,1-2H3,(H,13,14). The van der Waals surface area contributed by atoms with Crippen LogP contribution in [0.3, 0.4) is 0 Å². The van der Waals surface area contributed by atoms with Crippen LogP contribution in [0.15, 0.2) is 18.2 Å². The lowest BCUT2D eigenvalue weighted by Crippen LogP contribution is -2.11. The van der Waals surface area contributed by atoms with Crippen LogP contribution in [0.25, 0.3) is 0 Å². The fourth-order valence-corrected chi connectivity index (χ4v) is 1.26. The molecule has 1 aromatic carbocycles. The molecule has 0 atom stereocenters. The summed E-state index contributed by atoms with van der Waals surface area (Å²) in [7, 11) is 3.71. The van der Waals surface area contributed by atoms with Gasteiger partial charge in [-0.15, -0.1) is 0 Å². The van der Waals surface area contributed by atoms with Gasteiger partial charge < -0.3 is 10.0 Å². The molecule has 1 aromatic rings. The van der Waals surface area contributed by atoms with Gasteiger partial charge in [-0.3, -0.25) is 5.32 Å². The van der Waals surface area contributed by atoms with Crippen LogP contribution in [0.4, 0.5) is 16.2 Å². The number of amides is 1. The lowest BCUT2D eigenvalue weighted by atomic mass is 10.2. The number of halogens is 1. The number of nitrogens with one attached hydrogen (secondary N) is 1. The molecule has 0 aliphatic rings. The van der Waals surface area contributed by atoms with Gasteiger partial charge in [-0.1, -0.05) is 11.6 Å². The van der Waals surface area contributed by atoms with E-state index in [1.807, 2.05) is 19.0 Å². The van der Waals surface area contributed by atoms with E-state index in [2.05, 4.69) is 5.32 Å². The van der Waals surface area contributed by atoms with Gasteiger partial charge in [0.15, 0.2) is 0 Å². The molecule has 0 radical (unpaired) electrons. The average molecular weight is 215 g/mol. The number of carbonyl (C=O) groups is 1. The molecule has 1 amide bonds. The zero-order valence-corrected chi connectivity index (χ0v) is 8.67. The third kappa shape index (κ3) is 2.81. The molecule has 0 saturated heterocycles. The number of rotatable bonds is 2. The number of nitrogens with zero attached hydrogens (tertiary/aromatic N) is 1. The first-order valence-electron chi connectivity index (χ1n) is 3.97. The van der Waals surface area contributed by atoms with Gasteiger partial charge in [0.2, 0.25) is 0 Å². The Labute approximate surface area is 87.1 Å². The first-order chi connectivity index (χ1) is 6.49. The topological polar surface area (TPSA) is 52.6 Å². The molecule has 0 spiro atoms. The minimum absolute atomic E-state index is 0.466. The maximum absolute atomic E-state index is 10.4. The van der Waals surface area contributed by atoms with Gasteiger partial charge in [-0.2, -0.15) is 0 Å². The zero-order valence-electron chi connectivity index (χ0n) is 7.91. The summed E-state index contributed by atoms with van der Waals surface area (Å²) in [6, 6.07) is 5.03. The van der Waals surface area contributed by atoms with Crippen LogP contribution in [0.5, 0.6) is 0 Å². The molecule has 76 valence electrons. The fourth-order valence-electron chi connectivity index (χ4n) is 1.03. The summed E-state index contributed by atoms with van der Waals surface area (Å²) in [5.74, 6) is 0. The van der Waals surface area contributed by atoms with E-state index >= 15 is 0 Å². The third-order valence-corrected chi connectivity index (χ3v) is 1.87. The summed E-state index contributed by atoms with van der Waals surface area (Å²) < 4.78 is 0. The van der Waals surface area contributed by atoms with Crippen LogP contribution in [-0.2, 0) is 0 Å². The van der Waals surface area contributed by atoms with Crippen molar-refractivity contribution in [2.45, 2.75) is 0 Å². The van der Waals surface area contributed by atoms with E-state index in [0.717, 1.165) is 5.69 Å². The van der Waals surface area contributed by atoms with E-state index in [9.17, 15) is 4.79 Å². The van der Waals surface area contributed by atoms with E-state index in [1.54, 1.807) is 18.2 Å². The van der Waals surface area contributed by atoms with Crippen LogP contribution >= 0.6 is 11.6 Å². The highest BCUT2D eigenvalue weighted by atomic mass is 35.5. The molecule has 0 heterocycles. The minimum atomic E-state index is -1.10. The van der Waals surface area contributed by atoms with Crippen molar-refractivity contribution in [1.29, 1.82) is 0 Å². The summed E-state index contributed by atoms with van der Waals surface area (Å²) in [6.07, 6.45) is -1.10. The van der Waals surface area contributed by atoms with Crippen LogP contribution in [-0.4, -0.2) is 25.3 Å². The first-order valence-corrected chi connectivity index (χ1v) is 4.34. The second-order valence-corrected chi connectivity index (χ2v) is 3.46. The Kier molecular flexibility index (Phi) is 3.19. The van der Waals surface area contributed by atoms with E-state index in [4.69, 9.17) is 16.7 Å². The van der Waals surface area contributed by atoms with Crippen molar-refractivity contribution >= 4 is 29.1 Å². The number of carboxylic acid groups (broad SMARTS) is 1. The van der Waals surface area contributed by atoms with Crippen molar-refractivity contribution in [3.05, 3.63) is 23.2 Å². The Balaban J connectivity index is 3.01. The first kappa shape index (κ1) is 10.7.